The van der Waals surface area contributed by atoms with Crippen LogP contribution < -0.4 is 10.6 Å². The van der Waals surface area contributed by atoms with Gasteiger partial charge in [0.1, 0.15) is 0 Å². The maximum absolute atomic E-state index is 10.8. The standard InChI is InChI=1S/C10H16N2O8.Na.4H2O.H/c13-6(14)1-10(2-7(15)16,12-4-9(19)20)5-11-3-8(17)18;;;;;;/h11-12H,1-5H2,(H,13,14)(H,15,16)(H,17,18)(H,19,20);;4*1H2;. The van der Waals surface area contributed by atoms with Gasteiger partial charge < -0.3 is 47.6 Å². The van der Waals surface area contributed by atoms with Gasteiger partial charge in [-0.1, -0.05) is 0 Å². The van der Waals surface area contributed by atoms with E-state index in [1.165, 1.54) is 0 Å². The van der Waals surface area contributed by atoms with Crippen LogP contribution in [0.4, 0.5) is 0 Å². The van der Waals surface area contributed by atoms with Crippen molar-refractivity contribution < 1.29 is 61.5 Å². The van der Waals surface area contributed by atoms with Crippen LogP contribution in [0.3, 0.4) is 0 Å². The molecular weight excluding hydrogens is 363 g/mol. The molecule has 148 valence electrons. The number of carboxylic acid groups (broad SMARTS) is 4. The first-order valence-corrected chi connectivity index (χ1v) is 5.50. The maximum atomic E-state index is 10.8. The molecule has 0 spiro atoms. The first-order chi connectivity index (χ1) is 9.17. The van der Waals surface area contributed by atoms with Gasteiger partial charge in [0.25, 0.3) is 0 Å². The van der Waals surface area contributed by atoms with Crippen molar-refractivity contribution in [3.05, 3.63) is 0 Å². The fourth-order valence-corrected chi connectivity index (χ4v) is 1.63. The van der Waals surface area contributed by atoms with Crippen molar-refractivity contribution in [3.8, 4) is 0 Å². The van der Waals surface area contributed by atoms with Crippen LogP contribution in [0, 0.1) is 0 Å². The van der Waals surface area contributed by atoms with Gasteiger partial charge in [-0.3, -0.25) is 24.5 Å². The van der Waals surface area contributed by atoms with E-state index >= 15 is 0 Å². The number of carbonyl (C=O) groups is 4. The molecule has 0 radical (unpaired) electrons. The predicted molar refractivity (Wildman–Crippen MR) is 85.0 cm³/mol. The minimum atomic E-state index is -1.59. The van der Waals surface area contributed by atoms with Crippen molar-refractivity contribution in [3.63, 3.8) is 0 Å². The Morgan fingerprint density at radius 1 is 0.680 bits per heavy atom. The Hall–Kier alpha value is -1.36. The molecule has 0 aliphatic heterocycles. The fourth-order valence-electron chi connectivity index (χ4n) is 1.63. The van der Waals surface area contributed by atoms with Crippen molar-refractivity contribution in [2.75, 3.05) is 19.6 Å². The third-order valence-electron chi connectivity index (χ3n) is 2.33. The van der Waals surface area contributed by atoms with Crippen LogP contribution in [-0.4, -0.2) is 121 Å². The second-order valence-corrected chi connectivity index (χ2v) is 4.17. The van der Waals surface area contributed by atoms with Gasteiger partial charge in [0.2, 0.25) is 0 Å². The summed E-state index contributed by atoms with van der Waals surface area (Å²) in [6, 6.07) is 0. The van der Waals surface area contributed by atoms with Crippen molar-refractivity contribution >= 4 is 53.4 Å². The molecule has 0 rings (SSSR count). The number of hydrogen-bond donors (Lipinski definition) is 6. The molecule has 0 amide bonds. The summed E-state index contributed by atoms with van der Waals surface area (Å²) < 4.78 is 0. The molecule has 0 saturated heterocycles. The van der Waals surface area contributed by atoms with Crippen LogP contribution in [0.5, 0.6) is 0 Å². The Kier molecular flexibility index (Phi) is 29.6. The SMILES string of the molecule is O.O.O.O.O=C(O)CNCC(CC(=O)O)(CC(=O)O)NCC(=O)O.[NaH]. The molecule has 0 aromatic carbocycles. The summed E-state index contributed by atoms with van der Waals surface area (Å²) in [4.78, 5) is 42.5. The Morgan fingerprint density at radius 3 is 1.32 bits per heavy atom. The van der Waals surface area contributed by atoms with E-state index < -0.39 is 55.3 Å². The molecule has 25 heavy (non-hydrogen) atoms. The molecule has 14 nitrogen and oxygen atoms in total. The summed E-state index contributed by atoms with van der Waals surface area (Å²) in [5.41, 5.74) is -1.59. The van der Waals surface area contributed by atoms with Crippen LogP contribution in [0.1, 0.15) is 12.8 Å². The van der Waals surface area contributed by atoms with Crippen LogP contribution in [0.2, 0.25) is 0 Å². The molecule has 0 unspecified atom stereocenters. The molecular formula is C10H25N2NaO12. The molecule has 0 aliphatic carbocycles. The quantitative estimate of drug-likeness (QED) is 0.182. The molecule has 0 aromatic rings. The van der Waals surface area contributed by atoms with Gasteiger partial charge in [-0.25, -0.2) is 0 Å². The van der Waals surface area contributed by atoms with E-state index in [1.54, 1.807) is 0 Å². The molecule has 14 N–H and O–H groups in total. The second kappa shape index (κ2) is 19.0. The Labute approximate surface area is 163 Å². The van der Waals surface area contributed by atoms with Gasteiger partial charge in [-0.15, -0.1) is 0 Å². The summed E-state index contributed by atoms with van der Waals surface area (Å²) in [5.74, 6) is -5.16. The third-order valence-corrected chi connectivity index (χ3v) is 2.33. The fraction of sp³-hybridized carbons (Fsp3) is 0.600. The van der Waals surface area contributed by atoms with Crippen molar-refractivity contribution in [1.82, 2.24) is 10.6 Å². The van der Waals surface area contributed by atoms with E-state index in [0.717, 1.165) is 0 Å². The first-order valence-electron chi connectivity index (χ1n) is 5.50. The molecule has 0 fully saturated rings. The van der Waals surface area contributed by atoms with Gasteiger partial charge in [0.05, 0.1) is 31.5 Å². The number of aliphatic carboxylic acids is 4. The van der Waals surface area contributed by atoms with Crippen LogP contribution in [0.15, 0.2) is 0 Å². The summed E-state index contributed by atoms with van der Waals surface area (Å²) in [6.45, 7) is -1.46. The number of rotatable bonds is 11. The van der Waals surface area contributed by atoms with Gasteiger partial charge in [-0.2, -0.15) is 0 Å². The molecule has 15 heteroatoms. The molecule has 0 atom stereocenters. The molecule has 0 bridgehead atoms. The van der Waals surface area contributed by atoms with E-state index in [1.807, 2.05) is 0 Å². The van der Waals surface area contributed by atoms with Crippen molar-refractivity contribution in [2.45, 2.75) is 18.4 Å². The van der Waals surface area contributed by atoms with E-state index in [4.69, 9.17) is 20.4 Å². The monoisotopic (exact) mass is 388 g/mol. The number of nitrogens with one attached hydrogen (secondary N) is 2. The Bertz CT molecular complexity index is 389. The molecule has 0 heterocycles. The van der Waals surface area contributed by atoms with E-state index in [2.05, 4.69) is 10.6 Å². The predicted octanol–water partition coefficient (Wildman–Crippen LogP) is -5.92. The summed E-state index contributed by atoms with van der Waals surface area (Å²) in [5, 5.41) is 39.4. The number of hydrogen-bond acceptors (Lipinski definition) is 6. The van der Waals surface area contributed by atoms with Crippen LogP contribution in [0.25, 0.3) is 0 Å². The van der Waals surface area contributed by atoms with Crippen LogP contribution in [-0.2, 0) is 19.2 Å². The average molecular weight is 388 g/mol. The molecule has 0 saturated carbocycles. The van der Waals surface area contributed by atoms with Crippen LogP contribution >= 0.6 is 0 Å². The topological polar surface area (TPSA) is 299 Å². The molecule has 0 aromatic heterocycles. The first kappa shape index (κ1) is 38.9. The minimum absolute atomic E-state index is 0. The van der Waals surface area contributed by atoms with Gasteiger partial charge in [0, 0.05) is 6.54 Å². The summed E-state index contributed by atoms with van der Waals surface area (Å²) in [6.07, 6.45) is -1.33. The second-order valence-electron chi connectivity index (χ2n) is 4.17. The Balaban J connectivity index is -0.000000180. The zero-order valence-corrected chi connectivity index (χ0v) is 12.5. The average Bonchev–Trinajstić information content (AvgIpc) is 2.24. The third kappa shape index (κ3) is 20.6. The summed E-state index contributed by atoms with van der Waals surface area (Å²) in [7, 11) is 0. The van der Waals surface area contributed by atoms with E-state index in [0.29, 0.717) is 0 Å². The van der Waals surface area contributed by atoms with Gasteiger partial charge in [0.15, 0.2) is 0 Å². The van der Waals surface area contributed by atoms with Crippen molar-refractivity contribution in [1.29, 1.82) is 0 Å². The summed E-state index contributed by atoms with van der Waals surface area (Å²) >= 11 is 0. The van der Waals surface area contributed by atoms with Crippen molar-refractivity contribution in [2.24, 2.45) is 0 Å². The zero-order chi connectivity index (χ0) is 15.8. The zero-order valence-electron chi connectivity index (χ0n) is 12.5. The Morgan fingerprint density at radius 2 is 1.04 bits per heavy atom. The van der Waals surface area contributed by atoms with Gasteiger partial charge in [-0.05, 0) is 0 Å². The van der Waals surface area contributed by atoms with Gasteiger partial charge >= 0.3 is 53.4 Å². The number of carboxylic acids is 4. The normalized spacial score (nSPS) is 8.80. The van der Waals surface area contributed by atoms with E-state index in [9.17, 15) is 19.2 Å². The van der Waals surface area contributed by atoms with E-state index in [-0.39, 0.29) is 58.0 Å². The molecule has 0 aliphatic rings.